The van der Waals surface area contributed by atoms with Gasteiger partial charge in [-0.3, -0.25) is 19.1 Å². The van der Waals surface area contributed by atoms with Crippen LogP contribution in [0.2, 0.25) is 0 Å². The normalized spacial score (nSPS) is 15.8. The molecule has 0 radical (unpaired) electrons. The summed E-state index contributed by atoms with van der Waals surface area (Å²) in [5.74, 6) is 0.921. The van der Waals surface area contributed by atoms with Gasteiger partial charge in [0.15, 0.2) is 5.16 Å². The number of nitrogens with zero attached hydrogens (tertiary/aromatic N) is 3. The molecule has 8 heteroatoms. The fraction of sp³-hybridized carbons (Fsp3) is 0.640. The van der Waals surface area contributed by atoms with E-state index >= 15 is 0 Å². The van der Waals surface area contributed by atoms with Crippen molar-refractivity contribution in [3.63, 3.8) is 0 Å². The standard InChI is InChI=1S/C25H38N4O3S/c1-19(2)8-6-9-20(3)26-23(30)18-33-25-27-22-11-5-4-10-21(22)24(31)29(25)13-7-12-28-14-16-32-17-15-28/h4-5,10-11,19-20H,6-9,12-18H2,1-3H3,(H,26,30). The van der Waals surface area contributed by atoms with Gasteiger partial charge in [0.25, 0.3) is 5.56 Å². The van der Waals surface area contributed by atoms with Crippen molar-refractivity contribution in [1.82, 2.24) is 19.8 Å². The quantitative estimate of drug-likeness (QED) is 0.375. The van der Waals surface area contributed by atoms with E-state index in [4.69, 9.17) is 9.72 Å². The largest absolute Gasteiger partial charge is 0.379 e. The summed E-state index contributed by atoms with van der Waals surface area (Å²) in [6.45, 7) is 11.4. The van der Waals surface area contributed by atoms with Gasteiger partial charge in [0.2, 0.25) is 5.91 Å². The molecule has 1 atom stereocenters. The zero-order chi connectivity index (χ0) is 23.6. The second kappa shape index (κ2) is 13.1. The van der Waals surface area contributed by atoms with E-state index in [0.717, 1.165) is 52.1 Å². The average Bonchev–Trinajstić information content (AvgIpc) is 2.80. The van der Waals surface area contributed by atoms with Crippen molar-refractivity contribution in [3.8, 4) is 0 Å². The van der Waals surface area contributed by atoms with Crippen LogP contribution < -0.4 is 10.9 Å². The van der Waals surface area contributed by atoms with Gasteiger partial charge in [0, 0.05) is 32.2 Å². The zero-order valence-corrected chi connectivity index (χ0v) is 21.0. The van der Waals surface area contributed by atoms with Gasteiger partial charge in [-0.25, -0.2) is 4.98 Å². The van der Waals surface area contributed by atoms with Crippen LogP contribution in [0.3, 0.4) is 0 Å². The number of aromatic nitrogens is 2. The number of carbonyl (C=O) groups is 1. The molecule has 33 heavy (non-hydrogen) atoms. The minimum Gasteiger partial charge on any atom is -0.379 e. The number of morpholine rings is 1. The van der Waals surface area contributed by atoms with Crippen LogP contribution in [-0.2, 0) is 16.1 Å². The SMILES string of the molecule is CC(C)CCCC(C)NC(=O)CSc1nc2ccccc2c(=O)n1CCCN1CCOCC1. The Morgan fingerprint density at radius 3 is 2.64 bits per heavy atom. The Morgan fingerprint density at radius 2 is 1.88 bits per heavy atom. The molecule has 2 heterocycles. The second-order valence-electron chi connectivity index (χ2n) is 9.26. The summed E-state index contributed by atoms with van der Waals surface area (Å²) < 4.78 is 7.16. The van der Waals surface area contributed by atoms with Crippen molar-refractivity contribution in [2.45, 2.75) is 64.2 Å². The van der Waals surface area contributed by atoms with E-state index in [1.807, 2.05) is 24.3 Å². The third-order valence-corrected chi connectivity index (χ3v) is 6.92. The first-order valence-electron chi connectivity index (χ1n) is 12.2. The molecule has 2 aromatic rings. The Morgan fingerprint density at radius 1 is 1.12 bits per heavy atom. The zero-order valence-electron chi connectivity index (χ0n) is 20.2. The molecule has 3 rings (SSSR count). The van der Waals surface area contributed by atoms with Gasteiger partial charge in [-0.15, -0.1) is 0 Å². The molecular weight excluding hydrogens is 436 g/mol. The average molecular weight is 475 g/mol. The van der Waals surface area contributed by atoms with E-state index in [9.17, 15) is 9.59 Å². The molecule has 1 aliphatic rings. The van der Waals surface area contributed by atoms with Crippen molar-refractivity contribution >= 4 is 28.6 Å². The third kappa shape index (κ3) is 8.12. The highest BCUT2D eigenvalue weighted by Gasteiger charge is 2.15. The first-order valence-corrected chi connectivity index (χ1v) is 13.1. The Hall–Kier alpha value is -1.90. The number of amides is 1. The van der Waals surface area contributed by atoms with Gasteiger partial charge >= 0.3 is 0 Å². The summed E-state index contributed by atoms with van der Waals surface area (Å²) in [6, 6.07) is 7.58. The summed E-state index contributed by atoms with van der Waals surface area (Å²) in [5, 5.41) is 4.32. The lowest BCUT2D eigenvalue weighted by atomic mass is 10.0. The fourth-order valence-corrected chi connectivity index (χ4v) is 4.92. The van der Waals surface area contributed by atoms with Gasteiger partial charge in [0.1, 0.15) is 0 Å². The van der Waals surface area contributed by atoms with Gasteiger partial charge in [-0.2, -0.15) is 0 Å². The first kappa shape index (κ1) is 25.7. The van der Waals surface area contributed by atoms with Crippen molar-refractivity contribution in [2.24, 2.45) is 5.92 Å². The molecule has 1 aromatic heterocycles. The number of benzene rings is 1. The maximum atomic E-state index is 13.2. The maximum Gasteiger partial charge on any atom is 0.262 e. The molecule has 7 nitrogen and oxygen atoms in total. The fourth-order valence-electron chi connectivity index (χ4n) is 4.08. The van der Waals surface area contributed by atoms with E-state index in [-0.39, 0.29) is 23.3 Å². The number of ether oxygens (including phenoxy) is 1. The van der Waals surface area contributed by atoms with Gasteiger partial charge in [-0.05, 0) is 37.8 Å². The second-order valence-corrected chi connectivity index (χ2v) is 10.2. The van der Waals surface area contributed by atoms with Gasteiger partial charge in [0.05, 0.1) is 29.9 Å². The smallest absolute Gasteiger partial charge is 0.262 e. The highest BCUT2D eigenvalue weighted by molar-refractivity contribution is 7.99. The van der Waals surface area contributed by atoms with Crippen LogP contribution in [0.15, 0.2) is 34.2 Å². The molecule has 1 saturated heterocycles. The molecule has 182 valence electrons. The number of carbonyl (C=O) groups excluding carboxylic acids is 1. The van der Waals surface area contributed by atoms with Crippen LogP contribution in [-0.4, -0.2) is 65.0 Å². The summed E-state index contributed by atoms with van der Waals surface area (Å²) in [6.07, 6.45) is 4.12. The monoisotopic (exact) mass is 474 g/mol. The topological polar surface area (TPSA) is 76.5 Å². The van der Waals surface area contributed by atoms with Crippen LogP contribution in [0.25, 0.3) is 10.9 Å². The van der Waals surface area contributed by atoms with E-state index in [1.54, 1.807) is 4.57 Å². The molecule has 1 fully saturated rings. The molecule has 0 aliphatic carbocycles. The van der Waals surface area contributed by atoms with Crippen LogP contribution in [0, 0.1) is 5.92 Å². The lowest BCUT2D eigenvalue weighted by Gasteiger charge is -2.26. The summed E-state index contributed by atoms with van der Waals surface area (Å²) in [7, 11) is 0. The Labute approximate surface area is 201 Å². The molecule has 1 aliphatic heterocycles. The molecular formula is C25H38N4O3S. The first-order chi connectivity index (χ1) is 15.9. The van der Waals surface area contributed by atoms with Gasteiger partial charge in [-0.1, -0.05) is 50.6 Å². The van der Waals surface area contributed by atoms with E-state index < -0.39 is 0 Å². The number of hydrogen-bond acceptors (Lipinski definition) is 6. The summed E-state index contributed by atoms with van der Waals surface area (Å²) >= 11 is 1.35. The Bertz CT molecular complexity index is 956. The number of rotatable bonds is 12. The number of nitrogens with one attached hydrogen (secondary N) is 1. The molecule has 1 N–H and O–H groups in total. The maximum absolute atomic E-state index is 13.2. The van der Waals surface area contributed by atoms with Crippen LogP contribution in [0.5, 0.6) is 0 Å². The minimum absolute atomic E-state index is 0.0145. The molecule has 0 bridgehead atoms. The number of fused-ring (bicyclic) bond motifs is 1. The molecule has 0 spiro atoms. The molecule has 0 saturated carbocycles. The highest BCUT2D eigenvalue weighted by Crippen LogP contribution is 2.18. The van der Waals surface area contributed by atoms with Gasteiger partial charge < -0.3 is 10.1 Å². The summed E-state index contributed by atoms with van der Waals surface area (Å²) in [5.41, 5.74) is 0.643. The minimum atomic E-state index is -0.0347. The predicted octanol–water partition coefficient (Wildman–Crippen LogP) is 3.54. The van der Waals surface area contributed by atoms with Crippen molar-refractivity contribution in [1.29, 1.82) is 0 Å². The third-order valence-electron chi connectivity index (χ3n) is 5.94. The van der Waals surface area contributed by atoms with E-state index in [2.05, 4.69) is 31.0 Å². The van der Waals surface area contributed by atoms with Crippen LogP contribution in [0.1, 0.15) is 46.5 Å². The highest BCUT2D eigenvalue weighted by atomic mass is 32.2. The van der Waals surface area contributed by atoms with Crippen LogP contribution >= 0.6 is 11.8 Å². The summed E-state index contributed by atoms with van der Waals surface area (Å²) in [4.78, 5) is 32.8. The number of para-hydroxylation sites is 1. The van der Waals surface area contributed by atoms with Crippen molar-refractivity contribution < 1.29 is 9.53 Å². The lowest BCUT2D eigenvalue weighted by molar-refractivity contribution is -0.119. The molecule has 1 unspecified atom stereocenters. The Kier molecular flexibility index (Phi) is 10.2. The molecule has 1 aromatic carbocycles. The van der Waals surface area contributed by atoms with Crippen molar-refractivity contribution in [3.05, 3.63) is 34.6 Å². The van der Waals surface area contributed by atoms with E-state index in [0.29, 0.717) is 28.5 Å². The Balaban J connectivity index is 1.62. The van der Waals surface area contributed by atoms with E-state index in [1.165, 1.54) is 18.2 Å². The molecule has 1 amide bonds. The predicted molar refractivity (Wildman–Crippen MR) is 135 cm³/mol. The van der Waals surface area contributed by atoms with Crippen molar-refractivity contribution in [2.75, 3.05) is 38.6 Å². The number of hydrogen-bond donors (Lipinski definition) is 1. The van der Waals surface area contributed by atoms with Crippen LogP contribution in [0.4, 0.5) is 0 Å². The lowest BCUT2D eigenvalue weighted by Crippen LogP contribution is -2.37. The number of thioether (sulfide) groups is 1.